The quantitative estimate of drug-likeness (QED) is 0.710. The molecule has 4 heteroatoms. The first-order valence-electron chi connectivity index (χ1n) is 3.94. The van der Waals surface area contributed by atoms with Gasteiger partial charge in [-0.2, -0.15) is 0 Å². The van der Waals surface area contributed by atoms with E-state index in [1.807, 2.05) is 13.1 Å². The molecule has 0 saturated heterocycles. The molecule has 0 amide bonds. The summed E-state index contributed by atoms with van der Waals surface area (Å²) in [5.74, 6) is 0.251. The van der Waals surface area contributed by atoms with Crippen LogP contribution in [-0.2, 0) is 0 Å². The Labute approximate surface area is 75.4 Å². The van der Waals surface area contributed by atoms with E-state index in [9.17, 15) is 0 Å². The maximum absolute atomic E-state index is 9.06. The van der Waals surface area contributed by atoms with Crippen molar-refractivity contribution in [2.45, 2.75) is 6.92 Å². The fraction of sp³-hybridized carbons (Fsp3) is 0.111. The molecule has 13 heavy (non-hydrogen) atoms. The van der Waals surface area contributed by atoms with Gasteiger partial charge in [0, 0.05) is 0 Å². The fourth-order valence-corrected chi connectivity index (χ4v) is 1.08. The highest BCUT2D eigenvalue weighted by Gasteiger charge is 1.98. The van der Waals surface area contributed by atoms with Crippen molar-refractivity contribution < 1.29 is 5.11 Å². The van der Waals surface area contributed by atoms with E-state index >= 15 is 0 Å². The first-order valence-corrected chi connectivity index (χ1v) is 3.94. The Bertz CT molecular complexity index is 405. The molecular formula is C9H9N3O. The highest BCUT2D eigenvalue weighted by molar-refractivity contribution is 5.35. The zero-order chi connectivity index (χ0) is 9.26. The molecule has 2 rings (SSSR count). The SMILES string of the molecule is Cc1cn(-c2ccc(O)cc2)nn1. The number of phenolic OH excluding ortho intramolecular Hbond substituents is 1. The molecule has 0 fully saturated rings. The van der Waals surface area contributed by atoms with Gasteiger partial charge in [0.15, 0.2) is 0 Å². The molecule has 0 spiro atoms. The van der Waals surface area contributed by atoms with Crippen molar-refractivity contribution >= 4 is 0 Å². The summed E-state index contributed by atoms with van der Waals surface area (Å²) >= 11 is 0. The van der Waals surface area contributed by atoms with E-state index in [1.54, 1.807) is 28.9 Å². The summed E-state index contributed by atoms with van der Waals surface area (Å²) in [6.45, 7) is 1.88. The number of rotatable bonds is 1. The van der Waals surface area contributed by atoms with E-state index in [0.29, 0.717) is 0 Å². The van der Waals surface area contributed by atoms with E-state index in [4.69, 9.17) is 5.11 Å². The summed E-state index contributed by atoms with van der Waals surface area (Å²) in [4.78, 5) is 0. The fourth-order valence-electron chi connectivity index (χ4n) is 1.08. The summed E-state index contributed by atoms with van der Waals surface area (Å²) in [6, 6.07) is 6.80. The van der Waals surface area contributed by atoms with Crippen molar-refractivity contribution in [2.75, 3.05) is 0 Å². The number of phenols is 1. The Hall–Kier alpha value is -1.84. The number of aromatic nitrogens is 3. The lowest BCUT2D eigenvalue weighted by molar-refractivity contribution is 0.475. The van der Waals surface area contributed by atoms with Gasteiger partial charge < -0.3 is 5.11 Å². The lowest BCUT2D eigenvalue weighted by Gasteiger charge is -1.98. The van der Waals surface area contributed by atoms with Crippen LogP contribution in [0.3, 0.4) is 0 Å². The number of hydrogen-bond acceptors (Lipinski definition) is 3. The minimum atomic E-state index is 0.251. The van der Waals surface area contributed by atoms with E-state index < -0.39 is 0 Å². The van der Waals surface area contributed by atoms with E-state index in [1.165, 1.54) is 0 Å². The minimum absolute atomic E-state index is 0.251. The molecule has 0 aliphatic carbocycles. The Morgan fingerprint density at radius 3 is 2.46 bits per heavy atom. The summed E-state index contributed by atoms with van der Waals surface area (Å²) in [7, 11) is 0. The predicted octanol–water partition coefficient (Wildman–Crippen LogP) is 1.28. The van der Waals surface area contributed by atoms with Crippen molar-refractivity contribution in [1.82, 2.24) is 15.0 Å². The largest absolute Gasteiger partial charge is 0.508 e. The number of aryl methyl sites for hydroxylation is 1. The van der Waals surface area contributed by atoms with Crippen LogP contribution in [0.4, 0.5) is 0 Å². The average Bonchev–Trinajstić information content (AvgIpc) is 2.53. The van der Waals surface area contributed by atoms with Crippen molar-refractivity contribution in [3.63, 3.8) is 0 Å². The van der Waals surface area contributed by atoms with Gasteiger partial charge in [-0.3, -0.25) is 0 Å². The molecule has 0 aliphatic rings. The normalized spacial score (nSPS) is 10.2. The third-order valence-electron chi connectivity index (χ3n) is 1.72. The molecule has 1 N–H and O–H groups in total. The van der Waals surface area contributed by atoms with Gasteiger partial charge in [-0.15, -0.1) is 5.10 Å². The minimum Gasteiger partial charge on any atom is -0.508 e. The Morgan fingerprint density at radius 1 is 1.23 bits per heavy atom. The molecule has 66 valence electrons. The zero-order valence-electron chi connectivity index (χ0n) is 7.18. The second kappa shape index (κ2) is 2.90. The molecule has 2 aromatic rings. The number of hydrogen-bond donors (Lipinski definition) is 1. The molecule has 1 heterocycles. The highest BCUT2D eigenvalue weighted by atomic mass is 16.3. The third-order valence-corrected chi connectivity index (χ3v) is 1.72. The summed E-state index contributed by atoms with van der Waals surface area (Å²) in [5.41, 5.74) is 1.76. The van der Waals surface area contributed by atoms with Gasteiger partial charge >= 0.3 is 0 Å². The molecule has 0 atom stereocenters. The van der Waals surface area contributed by atoms with Crippen LogP contribution in [0, 0.1) is 6.92 Å². The van der Waals surface area contributed by atoms with E-state index in [0.717, 1.165) is 11.4 Å². The molecule has 0 saturated carbocycles. The van der Waals surface area contributed by atoms with Gasteiger partial charge in [0.2, 0.25) is 0 Å². The van der Waals surface area contributed by atoms with Crippen LogP contribution in [0.15, 0.2) is 30.5 Å². The summed E-state index contributed by atoms with van der Waals surface area (Å²) in [5, 5.41) is 16.8. The second-order valence-corrected chi connectivity index (χ2v) is 2.82. The molecule has 0 aliphatic heterocycles. The summed E-state index contributed by atoms with van der Waals surface area (Å²) in [6.07, 6.45) is 1.83. The molecule has 0 unspecified atom stereocenters. The van der Waals surface area contributed by atoms with Crippen molar-refractivity contribution in [3.05, 3.63) is 36.2 Å². The summed E-state index contributed by atoms with van der Waals surface area (Å²) < 4.78 is 1.66. The van der Waals surface area contributed by atoms with Gasteiger partial charge in [-0.05, 0) is 31.2 Å². The van der Waals surface area contributed by atoms with Gasteiger partial charge in [-0.25, -0.2) is 4.68 Å². The van der Waals surface area contributed by atoms with Crippen LogP contribution >= 0.6 is 0 Å². The highest BCUT2D eigenvalue weighted by Crippen LogP contribution is 2.12. The Balaban J connectivity index is 2.41. The van der Waals surface area contributed by atoms with Gasteiger partial charge in [0.25, 0.3) is 0 Å². The lowest BCUT2D eigenvalue weighted by Crippen LogP contribution is -1.93. The lowest BCUT2D eigenvalue weighted by atomic mass is 10.3. The smallest absolute Gasteiger partial charge is 0.115 e. The third kappa shape index (κ3) is 1.51. The standard InChI is InChI=1S/C9H9N3O/c1-7-6-12(11-10-7)8-2-4-9(13)5-3-8/h2-6,13H,1H3. The maximum atomic E-state index is 9.06. The molecule has 0 bridgehead atoms. The van der Waals surface area contributed by atoms with Crippen molar-refractivity contribution in [2.24, 2.45) is 0 Å². The van der Waals surface area contributed by atoms with Gasteiger partial charge in [0.1, 0.15) is 5.75 Å². The van der Waals surface area contributed by atoms with Crippen LogP contribution in [0.1, 0.15) is 5.69 Å². The maximum Gasteiger partial charge on any atom is 0.115 e. The topological polar surface area (TPSA) is 50.9 Å². The van der Waals surface area contributed by atoms with Crippen LogP contribution in [0.5, 0.6) is 5.75 Å². The number of benzene rings is 1. The Kier molecular flexibility index (Phi) is 1.73. The molecule has 4 nitrogen and oxygen atoms in total. The zero-order valence-corrected chi connectivity index (χ0v) is 7.18. The number of nitrogens with zero attached hydrogens (tertiary/aromatic N) is 3. The monoisotopic (exact) mass is 175 g/mol. The molecular weight excluding hydrogens is 166 g/mol. The average molecular weight is 175 g/mol. The van der Waals surface area contributed by atoms with E-state index in [2.05, 4.69) is 10.3 Å². The van der Waals surface area contributed by atoms with Crippen LogP contribution in [0.2, 0.25) is 0 Å². The first-order chi connectivity index (χ1) is 6.25. The van der Waals surface area contributed by atoms with Crippen LogP contribution in [-0.4, -0.2) is 20.1 Å². The second-order valence-electron chi connectivity index (χ2n) is 2.82. The molecule has 0 radical (unpaired) electrons. The van der Waals surface area contributed by atoms with Crippen molar-refractivity contribution in [1.29, 1.82) is 0 Å². The van der Waals surface area contributed by atoms with Crippen LogP contribution in [0.25, 0.3) is 5.69 Å². The predicted molar refractivity (Wildman–Crippen MR) is 47.8 cm³/mol. The molecule has 1 aromatic carbocycles. The Morgan fingerprint density at radius 2 is 1.92 bits per heavy atom. The number of aromatic hydroxyl groups is 1. The van der Waals surface area contributed by atoms with Crippen molar-refractivity contribution in [3.8, 4) is 11.4 Å². The van der Waals surface area contributed by atoms with Gasteiger partial charge in [0.05, 0.1) is 17.6 Å². The first kappa shape index (κ1) is 7.79. The van der Waals surface area contributed by atoms with Crippen LogP contribution < -0.4 is 0 Å². The van der Waals surface area contributed by atoms with Gasteiger partial charge in [-0.1, -0.05) is 5.21 Å². The van der Waals surface area contributed by atoms with E-state index in [-0.39, 0.29) is 5.75 Å². The molecule has 1 aromatic heterocycles.